The predicted molar refractivity (Wildman–Crippen MR) is 122 cm³/mol. The number of unbranched alkanes of at least 4 members (excludes halogenated alkanes) is 6. The summed E-state index contributed by atoms with van der Waals surface area (Å²) in [5.74, 6) is 2.85. The van der Waals surface area contributed by atoms with Gasteiger partial charge in [-0.15, -0.1) is 0 Å². The van der Waals surface area contributed by atoms with E-state index in [9.17, 15) is 5.26 Å². The molecule has 0 aromatic carbocycles. The lowest BCUT2D eigenvalue weighted by atomic mass is 9.66. The van der Waals surface area contributed by atoms with Gasteiger partial charge in [-0.1, -0.05) is 104 Å². The summed E-state index contributed by atoms with van der Waals surface area (Å²) >= 11 is 0. The van der Waals surface area contributed by atoms with E-state index in [0.29, 0.717) is 0 Å². The second-order valence-electron chi connectivity index (χ2n) is 10.5. The van der Waals surface area contributed by atoms with Crippen molar-refractivity contribution < 1.29 is 0 Å². The van der Waals surface area contributed by atoms with Crippen LogP contribution in [0.1, 0.15) is 142 Å². The van der Waals surface area contributed by atoms with Crippen LogP contribution in [0.15, 0.2) is 0 Å². The molecule has 0 amide bonds. The first-order chi connectivity index (χ1) is 13.7. The molecule has 0 bridgehead atoms. The van der Waals surface area contributed by atoms with Crippen LogP contribution in [0.3, 0.4) is 0 Å². The normalized spacial score (nSPS) is 30.8. The zero-order valence-corrected chi connectivity index (χ0v) is 19.3. The molecule has 0 aromatic rings. The standard InChI is InChI=1S/C27H49N/c1-3-5-7-8-10-12-25-17-20-27(23-28,21-18-25)22-19-26-15-13-24(14-16-26)11-9-6-4-2/h24-26H,3-22H2,1-2H3/t24-,25-,26-,27-. The zero-order chi connectivity index (χ0) is 20.1. The molecule has 0 spiro atoms. The average molecular weight is 388 g/mol. The monoisotopic (exact) mass is 387 g/mol. The van der Waals surface area contributed by atoms with Crippen LogP contribution in [0.4, 0.5) is 0 Å². The fraction of sp³-hybridized carbons (Fsp3) is 0.963. The maximum absolute atomic E-state index is 9.94. The summed E-state index contributed by atoms with van der Waals surface area (Å²) in [5.41, 5.74) is 0.0384. The second kappa shape index (κ2) is 13.7. The predicted octanol–water partition coefficient (Wildman–Crippen LogP) is 9.21. The summed E-state index contributed by atoms with van der Waals surface area (Å²) in [6.45, 7) is 4.60. The molecule has 0 aliphatic heterocycles. The van der Waals surface area contributed by atoms with Crippen LogP contribution in [-0.2, 0) is 0 Å². The Morgan fingerprint density at radius 3 is 1.68 bits per heavy atom. The number of hydrogen-bond acceptors (Lipinski definition) is 1. The van der Waals surface area contributed by atoms with Gasteiger partial charge in [-0.05, 0) is 56.3 Å². The minimum absolute atomic E-state index is 0.0384. The van der Waals surface area contributed by atoms with Crippen LogP contribution in [-0.4, -0.2) is 0 Å². The van der Waals surface area contributed by atoms with Crippen molar-refractivity contribution in [2.45, 2.75) is 142 Å². The number of rotatable bonds is 13. The molecule has 1 nitrogen and oxygen atoms in total. The first-order valence-electron chi connectivity index (χ1n) is 13.1. The molecule has 2 aliphatic rings. The van der Waals surface area contributed by atoms with Crippen LogP contribution >= 0.6 is 0 Å². The maximum atomic E-state index is 9.94. The van der Waals surface area contributed by atoms with Crippen LogP contribution in [0, 0.1) is 34.5 Å². The summed E-state index contributed by atoms with van der Waals surface area (Å²) < 4.78 is 0. The van der Waals surface area contributed by atoms with Crippen molar-refractivity contribution in [1.82, 2.24) is 0 Å². The van der Waals surface area contributed by atoms with E-state index >= 15 is 0 Å². The molecule has 2 aliphatic carbocycles. The summed E-state index contributed by atoms with van der Waals surface area (Å²) in [6.07, 6.45) is 27.5. The van der Waals surface area contributed by atoms with Gasteiger partial charge in [0.2, 0.25) is 0 Å². The smallest absolute Gasteiger partial charge is 0.0689 e. The molecule has 0 aromatic heterocycles. The number of hydrogen-bond donors (Lipinski definition) is 0. The van der Waals surface area contributed by atoms with Gasteiger partial charge in [0.15, 0.2) is 0 Å². The van der Waals surface area contributed by atoms with E-state index in [1.54, 1.807) is 0 Å². The van der Waals surface area contributed by atoms with Crippen LogP contribution in [0.5, 0.6) is 0 Å². The van der Waals surface area contributed by atoms with Crippen LogP contribution < -0.4 is 0 Å². The van der Waals surface area contributed by atoms with Crippen molar-refractivity contribution in [3.8, 4) is 6.07 Å². The molecule has 0 radical (unpaired) electrons. The summed E-state index contributed by atoms with van der Waals surface area (Å²) in [7, 11) is 0. The molecule has 162 valence electrons. The van der Waals surface area contributed by atoms with Gasteiger partial charge in [0.25, 0.3) is 0 Å². The third kappa shape index (κ3) is 8.47. The highest BCUT2D eigenvalue weighted by atomic mass is 14.4. The molecular formula is C27H49N. The number of nitrogens with zero attached hydrogens (tertiary/aromatic N) is 1. The van der Waals surface area contributed by atoms with Gasteiger partial charge in [-0.25, -0.2) is 0 Å². The van der Waals surface area contributed by atoms with Crippen molar-refractivity contribution in [2.75, 3.05) is 0 Å². The van der Waals surface area contributed by atoms with Crippen molar-refractivity contribution in [2.24, 2.45) is 23.2 Å². The van der Waals surface area contributed by atoms with E-state index in [-0.39, 0.29) is 5.41 Å². The fourth-order valence-electron chi connectivity index (χ4n) is 5.95. The SMILES string of the molecule is CCCCCCC[C@H]1CC[C@@](C#N)(CC[C@H]2CC[C@H](CCCCC)CC2)CC1. The Morgan fingerprint density at radius 2 is 1.11 bits per heavy atom. The topological polar surface area (TPSA) is 23.8 Å². The molecule has 2 fully saturated rings. The molecule has 2 rings (SSSR count). The third-order valence-electron chi connectivity index (χ3n) is 8.23. The highest BCUT2D eigenvalue weighted by molar-refractivity contribution is 5.01. The van der Waals surface area contributed by atoms with Crippen molar-refractivity contribution in [3.05, 3.63) is 0 Å². The average Bonchev–Trinajstić information content (AvgIpc) is 2.74. The molecule has 0 heterocycles. The van der Waals surface area contributed by atoms with Crippen LogP contribution in [0.2, 0.25) is 0 Å². The van der Waals surface area contributed by atoms with Crippen molar-refractivity contribution >= 4 is 0 Å². The van der Waals surface area contributed by atoms with E-state index in [4.69, 9.17) is 0 Å². The highest BCUT2D eigenvalue weighted by Gasteiger charge is 2.36. The Balaban J connectivity index is 1.61. The lowest BCUT2D eigenvalue weighted by molar-refractivity contribution is 0.162. The Bertz CT molecular complexity index is 418. The molecule has 28 heavy (non-hydrogen) atoms. The first-order valence-corrected chi connectivity index (χ1v) is 13.1. The quantitative estimate of drug-likeness (QED) is 0.289. The van der Waals surface area contributed by atoms with Crippen LogP contribution in [0.25, 0.3) is 0 Å². The van der Waals surface area contributed by atoms with E-state index in [2.05, 4.69) is 19.9 Å². The summed E-state index contributed by atoms with van der Waals surface area (Å²) in [4.78, 5) is 0. The molecular weight excluding hydrogens is 338 g/mol. The molecule has 1 heteroatoms. The van der Waals surface area contributed by atoms with Gasteiger partial charge in [-0.3, -0.25) is 0 Å². The fourth-order valence-corrected chi connectivity index (χ4v) is 5.95. The molecule has 0 N–H and O–H groups in total. The number of nitriles is 1. The van der Waals surface area contributed by atoms with E-state index in [0.717, 1.165) is 17.8 Å². The lowest BCUT2D eigenvalue weighted by Gasteiger charge is -2.37. The Labute approximate surface area is 177 Å². The maximum Gasteiger partial charge on any atom is 0.0689 e. The minimum Gasteiger partial charge on any atom is -0.198 e. The molecule has 2 saturated carbocycles. The third-order valence-corrected chi connectivity index (χ3v) is 8.23. The van der Waals surface area contributed by atoms with Gasteiger partial charge in [0.05, 0.1) is 11.5 Å². The first kappa shape index (κ1) is 23.8. The van der Waals surface area contributed by atoms with E-state index in [1.807, 2.05) is 0 Å². The summed E-state index contributed by atoms with van der Waals surface area (Å²) in [5, 5.41) is 9.94. The van der Waals surface area contributed by atoms with Gasteiger partial charge >= 0.3 is 0 Å². The molecule has 0 atom stereocenters. The lowest BCUT2D eigenvalue weighted by Crippen LogP contribution is -2.27. The van der Waals surface area contributed by atoms with Crippen molar-refractivity contribution in [3.63, 3.8) is 0 Å². The largest absolute Gasteiger partial charge is 0.198 e. The highest BCUT2D eigenvalue weighted by Crippen LogP contribution is 2.45. The molecule has 0 unspecified atom stereocenters. The summed E-state index contributed by atoms with van der Waals surface area (Å²) in [6, 6.07) is 2.80. The zero-order valence-electron chi connectivity index (χ0n) is 19.3. The van der Waals surface area contributed by atoms with E-state index < -0.39 is 0 Å². The Hall–Kier alpha value is -0.510. The van der Waals surface area contributed by atoms with Gasteiger partial charge in [0, 0.05) is 0 Å². The minimum atomic E-state index is 0.0384. The Kier molecular flexibility index (Phi) is 11.6. The van der Waals surface area contributed by atoms with Gasteiger partial charge in [0.1, 0.15) is 0 Å². The van der Waals surface area contributed by atoms with Gasteiger partial charge in [-0.2, -0.15) is 5.26 Å². The van der Waals surface area contributed by atoms with Gasteiger partial charge < -0.3 is 0 Å². The Morgan fingerprint density at radius 1 is 0.643 bits per heavy atom. The van der Waals surface area contributed by atoms with E-state index in [1.165, 1.54) is 128 Å². The second-order valence-corrected chi connectivity index (χ2v) is 10.5. The van der Waals surface area contributed by atoms with Crippen molar-refractivity contribution in [1.29, 1.82) is 5.26 Å². The molecule has 0 saturated heterocycles.